The van der Waals surface area contributed by atoms with E-state index in [2.05, 4.69) is 10.1 Å². The first kappa shape index (κ1) is 12.7. The second kappa shape index (κ2) is 5.27. The van der Waals surface area contributed by atoms with Gasteiger partial charge >= 0.3 is 0 Å². The Balaban J connectivity index is 2.26. The van der Waals surface area contributed by atoms with Gasteiger partial charge in [0, 0.05) is 12.4 Å². The maximum absolute atomic E-state index is 13.6. The minimum absolute atomic E-state index is 0.140. The van der Waals surface area contributed by atoms with E-state index in [-0.39, 0.29) is 11.9 Å². The normalized spacial score (nSPS) is 11.2. The van der Waals surface area contributed by atoms with Crippen molar-refractivity contribution in [1.29, 1.82) is 0 Å². The molecule has 4 nitrogen and oxygen atoms in total. The molecular weight excluding hydrogens is 233 g/mol. The summed E-state index contributed by atoms with van der Waals surface area (Å²) in [6, 6.07) is 2.92. The zero-order valence-corrected chi connectivity index (χ0v) is 10.7. The van der Waals surface area contributed by atoms with Crippen molar-refractivity contribution in [3.8, 4) is 5.82 Å². The van der Waals surface area contributed by atoms with Crippen LogP contribution in [0, 0.1) is 12.7 Å². The molecule has 0 aliphatic carbocycles. The molecule has 0 amide bonds. The maximum Gasteiger partial charge on any atom is 0.189 e. The molecule has 0 aromatic carbocycles. The molecule has 0 aliphatic rings. The monoisotopic (exact) mass is 249 g/mol. The van der Waals surface area contributed by atoms with Crippen LogP contribution < -0.4 is 0 Å². The van der Waals surface area contributed by atoms with E-state index < -0.39 is 5.82 Å². The van der Waals surface area contributed by atoms with E-state index in [1.807, 2.05) is 20.8 Å². The third kappa shape index (κ3) is 2.73. The quantitative estimate of drug-likeness (QED) is 0.836. The lowest BCUT2D eigenvalue weighted by Crippen LogP contribution is -2.05. The predicted octanol–water partition coefficient (Wildman–Crippen LogP) is 2.64. The van der Waals surface area contributed by atoms with Gasteiger partial charge in [-0.3, -0.25) is 0 Å². The molecule has 96 valence electrons. The van der Waals surface area contributed by atoms with Crippen LogP contribution in [0.5, 0.6) is 0 Å². The van der Waals surface area contributed by atoms with Crippen LogP contribution >= 0.6 is 0 Å². The van der Waals surface area contributed by atoms with Crippen LogP contribution in [0.25, 0.3) is 5.82 Å². The Bertz CT molecular complexity index is 537. The Morgan fingerprint density at radius 2 is 2.22 bits per heavy atom. The van der Waals surface area contributed by atoms with Crippen molar-refractivity contribution in [1.82, 2.24) is 14.8 Å². The van der Waals surface area contributed by atoms with Crippen LogP contribution in [0.4, 0.5) is 4.39 Å². The number of rotatable bonds is 4. The molecule has 2 aromatic rings. The van der Waals surface area contributed by atoms with Crippen molar-refractivity contribution < 1.29 is 9.13 Å². The molecule has 0 fully saturated rings. The summed E-state index contributed by atoms with van der Waals surface area (Å²) in [6.07, 6.45) is 3.44. The zero-order valence-electron chi connectivity index (χ0n) is 10.7. The summed E-state index contributed by atoms with van der Waals surface area (Å²) in [5, 5.41) is 4.30. The Morgan fingerprint density at radius 3 is 2.89 bits per heavy atom. The van der Waals surface area contributed by atoms with Gasteiger partial charge in [0.25, 0.3) is 0 Å². The molecule has 0 radical (unpaired) electrons. The van der Waals surface area contributed by atoms with Crippen LogP contribution in [-0.4, -0.2) is 20.9 Å². The maximum atomic E-state index is 13.6. The van der Waals surface area contributed by atoms with Crippen molar-refractivity contribution in [2.45, 2.75) is 33.5 Å². The van der Waals surface area contributed by atoms with Crippen molar-refractivity contribution >= 4 is 0 Å². The summed E-state index contributed by atoms with van der Waals surface area (Å²) in [6.45, 7) is 6.27. The van der Waals surface area contributed by atoms with E-state index in [0.717, 1.165) is 11.3 Å². The lowest BCUT2D eigenvalue weighted by Gasteiger charge is -2.05. The van der Waals surface area contributed by atoms with Gasteiger partial charge in [-0.05, 0) is 38.5 Å². The summed E-state index contributed by atoms with van der Waals surface area (Å²) >= 11 is 0. The molecule has 2 rings (SSSR count). The zero-order chi connectivity index (χ0) is 13.1. The molecular formula is C13H16FN3O. The van der Waals surface area contributed by atoms with Gasteiger partial charge in [0.15, 0.2) is 11.6 Å². The SMILES string of the molecule is Cc1cn(-c2ncccc2F)nc1COC(C)C. The number of aromatic nitrogens is 3. The van der Waals surface area contributed by atoms with E-state index >= 15 is 0 Å². The second-order valence-electron chi connectivity index (χ2n) is 4.37. The number of pyridine rings is 1. The van der Waals surface area contributed by atoms with E-state index in [1.54, 1.807) is 18.5 Å². The molecule has 0 N–H and O–H groups in total. The van der Waals surface area contributed by atoms with Crippen molar-refractivity contribution in [2.24, 2.45) is 0 Å². The molecule has 18 heavy (non-hydrogen) atoms. The highest BCUT2D eigenvalue weighted by atomic mass is 19.1. The molecule has 0 aliphatic heterocycles. The number of ether oxygens (including phenoxy) is 1. The molecule has 0 atom stereocenters. The van der Waals surface area contributed by atoms with E-state index in [4.69, 9.17) is 4.74 Å². The third-order valence-electron chi connectivity index (χ3n) is 2.51. The molecule has 2 heterocycles. The standard InChI is InChI=1S/C13H16FN3O/c1-9(2)18-8-12-10(3)7-17(16-12)13-11(14)5-4-6-15-13/h4-7,9H,8H2,1-3H3. The molecule has 0 spiro atoms. The Morgan fingerprint density at radius 1 is 1.44 bits per heavy atom. The number of nitrogens with zero attached hydrogens (tertiary/aromatic N) is 3. The van der Waals surface area contributed by atoms with Crippen LogP contribution in [0.3, 0.4) is 0 Å². The number of aryl methyl sites for hydroxylation is 1. The molecule has 0 bridgehead atoms. The van der Waals surface area contributed by atoms with Gasteiger partial charge in [-0.1, -0.05) is 0 Å². The largest absolute Gasteiger partial charge is 0.372 e. The van der Waals surface area contributed by atoms with E-state index in [9.17, 15) is 4.39 Å². The van der Waals surface area contributed by atoms with Crippen LogP contribution in [-0.2, 0) is 11.3 Å². The first-order valence-electron chi connectivity index (χ1n) is 5.85. The van der Waals surface area contributed by atoms with Gasteiger partial charge in [-0.25, -0.2) is 14.1 Å². The predicted molar refractivity (Wildman–Crippen MR) is 66.0 cm³/mol. The highest BCUT2D eigenvalue weighted by molar-refractivity contribution is 5.26. The smallest absolute Gasteiger partial charge is 0.189 e. The molecule has 0 saturated heterocycles. The Labute approximate surface area is 105 Å². The van der Waals surface area contributed by atoms with Crippen LogP contribution in [0.2, 0.25) is 0 Å². The van der Waals surface area contributed by atoms with Gasteiger partial charge in [0.2, 0.25) is 0 Å². The molecule has 0 saturated carbocycles. The highest BCUT2D eigenvalue weighted by Gasteiger charge is 2.11. The number of hydrogen-bond acceptors (Lipinski definition) is 3. The summed E-state index contributed by atoms with van der Waals surface area (Å²) in [7, 11) is 0. The van der Waals surface area contributed by atoms with E-state index in [1.165, 1.54) is 10.7 Å². The fraction of sp³-hybridized carbons (Fsp3) is 0.385. The number of halogens is 1. The van der Waals surface area contributed by atoms with Gasteiger partial charge in [-0.2, -0.15) is 5.10 Å². The highest BCUT2D eigenvalue weighted by Crippen LogP contribution is 2.13. The minimum atomic E-state index is -0.392. The Hall–Kier alpha value is -1.75. The van der Waals surface area contributed by atoms with Gasteiger partial charge in [0.05, 0.1) is 18.4 Å². The average Bonchev–Trinajstić information content (AvgIpc) is 2.68. The lowest BCUT2D eigenvalue weighted by atomic mass is 10.3. The lowest BCUT2D eigenvalue weighted by molar-refractivity contribution is 0.0631. The number of hydrogen-bond donors (Lipinski definition) is 0. The van der Waals surface area contributed by atoms with Gasteiger partial charge < -0.3 is 4.74 Å². The van der Waals surface area contributed by atoms with Crippen LogP contribution in [0.15, 0.2) is 24.5 Å². The minimum Gasteiger partial charge on any atom is -0.372 e. The summed E-state index contributed by atoms with van der Waals surface area (Å²) < 4.78 is 20.5. The second-order valence-corrected chi connectivity index (χ2v) is 4.37. The van der Waals surface area contributed by atoms with Crippen molar-refractivity contribution in [2.75, 3.05) is 0 Å². The average molecular weight is 249 g/mol. The molecule has 5 heteroatoms. The molecule has 0 unspecified atom stereocenters. The first-order chi connectivity index (χ1) is 8.58. The van der Waals surface area contributed by atoms with Crippen LogP contribution in [0.1, 0.15) is 25.1 Å². The van der Waals surface area contributed by atoms with E-state index in [0.29, 0.717) is 6.61 Å². The van der Waals surface area contributed by atoms with Crippen molar-refractivity contribution in [3.63, 3.8) is 0 Å². The summed E-state index contributed by atoms with van der Waals surface area (Å²) in [5.74, 6) is -0.187. The topological polar surface area (TPSA) is 39.9 Å². The Kier molecular flexibility index (Phi) is 3.72. The molecule has 2 aromatic heterocycles. The first-order valence-corrected chi connectivity index (χ1v) is 5.85. The van der Waals surface area contributed by atoms with Gasteiger partial charge in [0.1, 0.15) is 0 Å². The fourth-order valence-electron chi connectivity index (χ4n) is 1.54. The van der Waals surface area contributed by atoms with Crippen molar-refractivity contribution in [3.05, 3.63) is 41.6 Å². The summed E-state index contributed by atoms with van der Waals surface area (Å²) in [4.78, 5) is 3.98. The fourth-order valence-corrected chi connectivity index (χ4v) is 1.54. The third-order valence-corrected chi connectivity index (χ3v) is 2.51. The van der Waals surface area contributed by atoms with Gasteiger partial charge in [-0.15, -0.1) is 0 Å². The summed E-state index contributed by atoms with van der Waals surface area (Å²) in [5.41, 5.74) is 1.76.